The van der Waals surface area contributed by atoms with Gasteiger partial charge in [-0.1, -0.05) is 27.4 Å². The Bertz CT molecular complexity index is 768. The molecule has 0 saturated carbocycles. The minimum Gasteiger partial charge on any atom is -0.411 e. The van der Waals surface area contributed by atoms with Gasteiger partial charge in [-0.05, 0) is 32.9 Å². The van der Waals surface area contributed by atoms with E-state index in [1.165, 1.54) is 13.8 Å². The van der Waals surface area contributed by atoms with E-state index in [0.29, 0.717) is 0 Å². The molecule has 0 aromatic rings. The third-order valence-corrected chi connectivity index (χ3v) is 4.22. The molecule has 0 aliphatic carbocycles. The van der Waals surface area contributed by atoms with E-state index in [1.807, 2.05) is 0 Å². The zero-order chi connectivity index (χ0) is 24.3. The molecule has 8 nitrogen and oxygen atoms in total. The van der Waals surface area contributed by atoms with Gasteiger partial charge in [-0.15, -0.1) is 13.2 Å². The quantitative estimate of drug-likeness (QED) is 0.315. The predicted molar refractivity (Wildman–Crippen MR) is 103 cm³/mol. The Morgan fingerprint density at radius 3 is 2.13 bits per heavy atom. The van der Waals surface area contributed by atoms with Crippen LogP contribution in [0.15, 0.2) is 35.8 Å². The smallest absolute Gasteiger partial charge is 0.411 e. The van der Waals surface area contributed by atoms with Crippen molar-refractivity contribution in [2.45, 2.75) is 72.8 Å². The Morgan fingerprint density at radius 2 is 1.68 bits per heavy atom. The molecule has 0 radical (unpaired) electrons. The van der Waals surface area contributed by atoms with Crippen molar-refractivity contribution in [3.63, 3.8) is 0 Å². The summed E-state index contributed by atoms with van der Waals surface area (Å²) in [5.74, 6) is -2.83. The van der Waals surface area contributed by atoms with Crippen molar-refractivity contribution < 1.29 is 47.2 Å². The number of rotatable bonds is 9. The molecular weight excluding hydrogens is 423 g/mol. The van der Waals surface area contributed by atoms with E-state index >= 15 is 0 Å². The highest BCUT2D eigenvalue weighted by Gasteiger charge is 2.42. The summed E-state index contributed by atoms with van der Waals surface area (Å²) < 4.78 is 51.4. The number of ketones is 1. The lowest BCUT2D eigenvalue weighted by atomic mass is 9.96. The first-order valence-electron chi connectivity index (χ1n) is 9.35. The number of hydrogen-bond donors (Lipinski definition) is 2. The lowest BCUT2D eigenvalue weighted by Gasteiger charge is -2.33. The fraction of sp³-hybridized carbons (Fsp3) is 0.600. The molecular formula is C20H28F3NO7. The van der Waals surface area contributed by atoms with Crippen molar-refractivity contribution in [3.8, 4) is 0 Å². The average molecular weight is 451 g/mol. The summed E-state index contributed by atoms with van der Waals surface area (Å²) in [4.78, 5) is 25.6. The Labute approximate surface area is 178 Å². The van der Waals surface area contributed by atoms with Gasteiger partial charge in [0.2, 0.25) is 0 Å². The van der Waals surface area contributed by atoms with Crippen LogP contribution in [0.4, 0.5) is 13.2 Å². The summed E-state index contributed by atoms with van der Waals surface area (Å²) in [6.45, 7) is 12.4. The Hall–Kier alpha value is -2.21. The molecule has 1 heterocycles. The molecule has 1 rings (SSSR count). The van der Waals surface area contributed by atoms with Crippen LogP contribution in [0, 0.1) is 5.41 Å². The normalized spacial score (nSPS) is 20.1. The summed E-state index contributed by atoms with van der Waals surface area (Å²) in [5.41, 5.74) is -1.10. The fourth-order valence-electron chi connectivity index (χ4n) is 2.60. The SMILES string of the molecule is C=CC1=C(/C=C(\C)OC(F)(F)F)C(=O)C(=O)N1C(C)C(O)OC(C)OC(O)C(C)(C)C. The molecule has 0 spiro atoms. The van der Waals surface area contributed by atoms with Crippen LogP contribution in [0.1, 0.15) is 41.5 Å². The van der Waals surface area contributed by atoms with Gasteiger partial charge in [0.05, 0.1) is 17.3 Å². The third kappa shape index (κ3) is 7.17. The number of aliphatic hydroxyl groups is 2. The van der Waals surface area contributed by atoms with Gasteiger partial charge in [-0.25, -0.2) is 0 Å². The van der Waals surface area contributed by atoms with Crippen molar-refractivity contribution in [2.24, 2.45) is 5.41 Å². The molecule has 4 unspecified atom stereocenters. The number of aliphatic hydroxyl groups excluding tert-OH is 2. The number of amides is 1. The highest BCUT2D eigenvalue weighted by molar-refractivity contribution is 6.46. The van der Waals surface area contributed by atoms with Crippen molar-refractivity contribution in [1.82, 2.24) is 4.90 Å². The molecule has 1 amide bonds. The summed E-state index contributed by atoms with van der Waals surface area (Å²) in [6.07, 6.45) is -7.05. The maximum atomic E-state index is 12.4. The van der Waals surface area contributed by atoms with Gasteiger partial charge < -0.3 is 24.4 Å². The molecule has 0 fully saturated rings. The molecule has 4 atom stereocenters. The number of Topliss-reactive ketones (excluding diaryl/α,β-unsaturated/α-hetero) is 1. The van der Waals surface area contributed by atoms with E-state index < -0.39 is 54.1 Å². The summed E-state index contributed by atoms with van der Waals surface area (Å²) >= 11 is 0. The van der Waals surface area contributed by atoms with Crippen molar-refractivity contribution in [3.05, 3.63) is 35.8 Å². The van der Waals surface area contributed by atoms with E-state index in [2.05, 4.69) is 11.3 Å². The Balaban J connectivity index is 3.07. The molecule has 11 heteroatoms. The first kappa shape index (κ1) is 26.8. The highest BCUT2D eigenvalue weighted by Crippen LogP contribution is 2.30. The first-order chi connectivity index (χ1) is 14.0. The van der Waals surface area contributed by atoms with Gasteiger partial charge in [0.25, 0.3) is 11.7 Å². The first-order valence-corrected chi connectivity index (χ1v) is 9.35. The van der Waals surface area contributed by atoms with Crippen LogP contribution >= 0.6 is 0 Å². The number of allylic oxidation sites excluding steroid dienone is 3. The number of nitrogens with zero attached hydrogens (tertiary/aromatic N) is 1. The standard InChI is InChI=1S/C20H28F3NO7/c1-8-14-13(9-10(2)31-20(21,22)23)15(25)16(26)24(14)11(3)17(27)29-12(4)30-18(28)19(5,6)7/h8-9,11-12,17-18,27-28H,1H2,2-7H3/b10-9+. The zero-order valence-electron chi connectivity index (χ0n) is 18.2. The van der Waals surface area contributed by atoms with Crippen LogP contribution in [0.2, 0.25) is 0 Å². The van der Waals surface area contributed by atoms with E-state index in [0.717, 1.165) is 24.0 Å². The molecule has 0 aromatic heterocycles. The summed E-state index contributed by atoms with van der Waals surface area (Å²) in [7, 11) is 0. The summed E-state index contributed by atoms with van der Waals surface area (Å²) in [5, 5.41) is 20.3. The number of alkyl halides is 3. The van der Waals surface area contributed by atoms with Crippen LogP contribution in [-0.4, -0.2) is 58.1 Å². The second-order valence-corrected chi connectivity index (χ2v) is 8.00. The molecule has 176 valence electrons. The molecule has 0 bridgehead atoms. The number of halogens is 3. The van der Waals surface area contributed by atoms with Crippen molar-refractivity contribution in [2.75, 3.05) is 0 Å². The van der Waals surface area contributed by atoms with E-state index in [1.54, 1.807) is 20.8 Å². The number of hydrogen-bond acceptors (Lipinski definition) is 7. The number of carbonyl (C=O) groups excluding carboxylic acids is 2. The summed E-state index contributed by atoms with van der Waals surface area (Å²) in [6, 6.07) is -1.14. The van der Waals surface area contributed by atoms with Crippen molar-refractivity contribution in [1.29, 1.82) is 0 Å². The lowest BCUT2D eigenvalue weighted by molar-refractivity contribution is -0.305. The molecule has 31 heavy (non-hydrogen) atoms. The van der Waals surface area contributed by atoms with Gasteiger partial charge in [0, 0.05) is 5.41 Å². The molecule has 0 saturated heterocycles. The molecule has 0 aromatic carbocycles. The van der Waals surface area contributed by atoms with Gasteiger partial charge in [-0.2, -0.15) is 0 Å². The van der Waals surface area contributed by atoms with Crippen LogP contribution in [0.25, 0.3) is 0 Å². The maximum absolute atomic E-state index is 12.4. The second-order valence-electron chi connectivity index (χ2n) is 8.00. The average Bonchev–Trinajstić information content (AvgIpc) is 2.82. The molecule has 2 N–H and O–H groups in total. The van der Waals surface area contributed by atoms with Crippen LogP contribution in [0.5, 0.6) is 0 Å². The number of ether oxygens (including phenoxy) is 3. The molecule has 1 aliphatic heterocycles. The third-order valence-electron chi connectivity index (χ3n) is 4.22. The van der Waals surface area contributed by atoms with E-state index in [-0.39, 0.29) is 11.3 Å². The van der Waals surface area contributed by atoms with Gasteiger partial charge in [0.15, 0.2) is 18.9 Å². The van der Waals surface area contributed by atoms with Gasteiger partial charge >= 0.3 is 6.36 Å². The predicted octanol–water partition coefficient (Wildman–Crippen LogP) is 2.73. The Kier molecular flexibility index (Phi) is 8.60. The van der Waals surface area contributed by atoms with Crippen LogP contribution < -0.4 is 0 Å². The minimum absolute atomic E-state index is 0.112. The van der Waals surface area contributed by atoms with Crippen molar-refractivity contribution >= 4 is 11.7 Å². The minimum atomic E-state index is -4.97. The maximum Gasteiger partial charge on any atom is 0.572 e. The number of carbonyl (C=O) groups is 2. The van der Waals surface area contributed by atoms with Crippen LogP contribution in [0.3, 0.4) is 0 Å². The van der Waals surface area contributed by atoms with Gasteiger partial charge in [0.1, 0.15) is 5.76 Å². The van der Waals surface area contributed by atoms with Crippen LogP contribution in [-0.2, 0) is 23.8 Å². The Morgan fingerprint density at radius 1 is 1.13 bits per heavy atom. The lowest BCUT2D eigenvalue weighted by Crippen LogP contribution is -2.46. The van der Waals surface area contributed by atoms with Gasteiger partial charge in [-0.3, -0.25) is 14.5 Å². The second kappa shape index (κ2) is 9.94. The largest absolute Gasteiger partial charge is 0.572 e. The monoisotopic (exact) mass is 451 g/mol. The fourth-order valence-corrected chi connectivity index (χ4v) is 2.60. The topological polar surface area (TPSA) is 106 Å². The highest BCUT2D eigenvalue weighted by atomic mass is 19.4. The van der Waals surface area contributed by atoms with E-state index in [4.69, 9.17) is 9.47 Å². The zero-order valence-corrected chi connectivity index (χ0v) is 18.2. The molecule has 1 aliphatic rings. The van der Waals surface area contributed by atoms with E-state index in [9.17, 15) is 33.0 Å².